The number of methoxy groups -OCH3 is 1. The van der Waals surface area contributed by atoms with Crippen LogP contribution in [0.5, 0.6) is 5.75 Å². The fraction of sp³-hybridized carbons (Fsp3) is 0.250. The molecule has 2 N–H and O–H groups in total. The fourth-order valence-electron chi connectivity index (χ4n) is 3.03. The Bertz CT molecular complexity index is 881. The number of hydrogen-bond acceptors (Lipinski definition) is 4. The lowest BCUT2D eigenvalue weighted by molar-refractivity contribution is -0.122. The van der Waals surface area contributed by atoms with E-state index < -0.39 is 5.92 Å². The molecule has 0 unspecified atom stereocenters. The van der Waals surface area contributed by atoms with Crippen LogP contribution in [-0.2, 0) is 14.4 Å². The summed E-state index contributed by atoms with van der Waals surface area (Å²) in [6.07, 6.45) is 0.147. The number of nitrogens with one attached hydrogen (secondary N) is 2. The Kier molecular flexibility index (Phi) is 5.40. The second-order valence-corrected chi connectivity index (χ2v) is 6.36. The molecule has 0 bridgehead atoms. The maximum absolute atomic E-state index is 12.6. The molecule has 7 nitrogen and oxygen atoms in total. The minimum absolute atomic E-state index is 0.101. The highest BCUT2D eigenvalue weighted by Gasteiger charge is 2.35. The van der Waals surface area contributed by atoms with Crippen LogP contribution < -0.4 is 20.3 Å². The SMILES string of the molecule is COc1cccc(N2C[C@H](C(=O)Nc3cccc(NC(C)=O)c3)CC2=O)c1. The summed E-state index contributed by atoms with van der Waals surface area (Å²) in [7, 11) is 1.57. The van der Waals surface area contributed by atoms with Crippen LogP contribution in [0.25, 0.3) is 0 Å². The van der Waals surface area contributed by atoms with Gasteiger partial charge in [-0.1, -0.05) is 12.1 Å². The Labute approximate surface area is 157 Å². The van der Waals surface area contributed by atoms with Gasteiger partial charge in [0.15, 0.2) is 0 Å². The predicted molar refractivity (Wildman–Crippen MR) is 103 cm³/mol. The van der Waals surface area contributed by atoms with Gasteiger partial charge in [0, 0.05) is 43.0 Å². The standard InChI is InChI=1S/C20H21N3O4/c1-13(24)21-15-5-3-6-16(10-15)22-20(26)14-9-19(25)23(12-14)17-7-4-8-18(11-17)27-2/h3-8,10-11,14H,9,12H2,1-2H3,(H,21,24)(H,22,26)/t14-/m1/s1. The average Bonchev–Trinajstić information content (AvgIpc) is 3.03. The van der Waals surface area contributed by atoms with Crippen LogP contribution in [0.3, 0.4) is 0 Å². The van der Waals surface area contributed by atoms with Gasteiger partial charge >= 0.3 is 0 Å². The zero-order chi connectivity index (χ0) is 19.4. The minimum Gasteiger partial charge on any atom is -0.497 e. The highest BCUT2D eigenvalue weighted by molar-refractivity contribution is 6.03. The zero-order valence-electron chi connectivity index (χ0n) is 15.2. The Morgan fingerprint density at radius 2 is 1.78 bits per heavy atom. The lowest BCUT2D eigenvalue weighted by Crippen LogP contribution is -2.28. The maximum Gasteiger partial charge on any atom is 0.229 e. The molecule has 1 fully saturated rings. The van der Waals surface area contributed by atoms with E-state index in [4.69, 9.17) is 4.74 Å². The van der Waals surface area contributed by atoms with E-state index in [0.29, 0.717) is 29.4 Å². The van der Waals surface area contributed by atoms with Crippen molar-refractivity contribution < 1.29 is 19.1 Å². The molecule has 0 spiro atoms. The molecular weight excluding hydrogens is 346 g/mol. The molecule has 7 heteroatoms. The smallest absolute Gasteiger partial charge is 0.229 e. The second kappa shape index (κ2) is 7.90. The summed E-state index contributed by atoms with van der Waals surface area (Å²) in [5.41, 5.74) is 1.88. The Hall–Kier alpha value is -3.35. The van der Waals surface area contributed by atoms with Crippen molar-refractivity contribution in [3.63, 3.8) is 0 Å². The first-order valence-corrected chi connectivity index (χ1v) is 8.59. The van der Waals surface area contributed by atoms with Crippen molar-refractivity contribution >= 4 is 34.8 Å². The summed E-state index contributed by atoms with van der Waals surface area (Å²) in [6, 6.07) is 14.1. The van der Waals surface area contributed by atoms with Gasteiger partial charge in [-0.05, 0) is 30.3 Å². The topological polar surface area (TPSA) is 87.7 Å². The molecule has 140 valence electrons. The summed E-state index contributed by atoms with van der Waals surface area (Å²) in [5, 5.41) is 5.49. The van der Waals surface area contributed by atoms with Gasteiger partial charge in [-0.15, -0.1) is 0 Å². The Morgan fingerprint density at radius 3 is 2.48 bits per heavy atom. The number of rotatable bonds is 5. The molecular formula is C20H21N3O4. The molecule has 2 aromatic rings. The van der Waals surface area contributed by atoms with E-state index in [1.807, 2.05) is 12.1 Å². The van der Waals surface area contributed by atoms with E-state index in [9.17, 15) is 14.4 Å². The quantitative estimate of drug-likeness (QED) is 0.850. The first-order chi connectivity index (χ1) is 13.0. The van der Waals surface area contributed by atoms with E-state index in [0.717, 1.165) is 0 Å². The van der Waals surface area contributed by atoms with Gasteiger partial charge in [0.25, 0.3) is 0 Å². The van der Waals surface area contributed by atoms with Gasteiger partial charge in [0.2, 0.25) is 17.7 Å². The molecule has 1 aliphatic heterocycles. The number of nitrogens with zero attached hydrogens (tertiary/aromatic N) is 1. The summed E-state index contributed by atoms with van der Waals surface area (Å²) < 4.78 is 5.19. The molecule has 0 radical (unpaired) electrons. The Balaban J connectivity index is 1.68. The van der Waals surface area contributed by atoms with Crippen LogP contribution in [-0.4, -0.2) is 31.4 Å². The number of ether oxygens (including phenoxy) is 1. The monoisotopic (exact) mass is 367 g/mol. The van der Waals surface area contributed by atoms with Crippen LogP contribution in [0.2, 0.25) is 0 Å². The summed E-state index contributed by atoms with van der Waals surface area (Å²) in [6.45, 7) is 1.73. The van der Waals surface area contributed by atoms with Crippen molar-refractivity contribution in [2.45, 2.75) is 13.3 Å². The summed E-state index contributed by atoms with van der Waals surface area (Å²) in [4.78, 5) is 37.7. The van der Waals surface area contributed by atoms with Crippen molar-refractivity contribution in [3.8, 4) is 5.75 Å². The number of carbonyl (C=O) groups excluding carboxylic acids is 3. The van der Waals surface area contributed by atoms with E-state index in [1.54, 1.807) is 48.4 Å². The van der Waals surface area contributed by atoms with Crippen molar-refractivity contribution in [2.24, 2.45) is 5.92 Å². The molecule has 27 heavy (non-hydrogen) atoms. The second-order valence-electron chi connectivity index (χ2n) is 6.36. The number of carbonyl (C=O) groups is 3. The van der Waals surface area contributed by atoms with Crippen LogP contribution in [0.1, 0.15) is 13.3 Å². The van der Waals surface area contributed by atoms with Gasteiger partial charge in [-0.2, -0.15) is 0 Å². The third-order valence-corrected chi connectivity index (χ3v) is 4.31. The molecule has 1 atom stereocenters. The normalized spacial score (nSPS) is 16.1. The summed E-state index contributed by atoms with van der Waals surface area (Å²) >= 11 is 0. The Morgan fingerprint density at radius 1 is 1.07 bits per heavy atom. The number of amides is 3. The third kappa shape index (κ3) is 4.44. The number of benzene rings is 2. The van der Waals surface area contributed by atoms with E-state index in [-0.39, 0.29) is 24.1 Å². The van der Waals surface area contributed by atoms with Crippen LogP contribution in [0.4, 0.5) is 17.1 Å². The summed E-state index contributed by atoms with van der Waals surface area (Å²) in [5.74, 6) is -0.311. The molecule has 1 heterocycles. The van der Waals surface area contributed by atoms with Gasteiger partial charge < -0.3 is 20.3 Å². The molecule has 3 amide bonds. The van der Waals surface area contributed by atoms with Crippen LogP contribution >= 0.6 is 0 Å². The zero-order valence-corrected chi connectivity index (χ0v) is 15.2. The highest BCUT2D eigenvalue weighted by atomic mass is 16.5. The molecule has 1 aliphatic rings. The molecule has 1 saturated heterocycles. The fourth-order valence-corrected chi connectivity index (χ4v) is 3.03. The van der Waals surface area contributed by atoms with Gasteiger partial charge in [-0.25, -0.2) is 0 Å². The van der Waals surface area contributed by atoms with Crippen LogP contribution in [0, 0.1) is 5.92 Å². The molecule has 0 aliphatic carbocycles. The van der Waals surface area contributed by atoms with Crippen molar-refractivity contribution in [2.75, 3.05) is 29.2 Å². The van der Waals surface area contributed by atoms with E-state index >= 15 is 0 Å². The average molecular weight is 367 g/mol. The first-order valence-electron chi connectivity index (χ1n) is 8.59. The van der Waals surface area contributed by atoms with Crippen molar-refractivity contribution in [3.05, 3.63) is 48.5 Å². The van der Waals surface area contributed by atoms with Gasteiger partial charge in [0.05, 0.1) is 13.0 Å². The highest BCUT2D eigenvalue weighted by Crippen LogP contribution is 2.28. The first kappa shape index (κ1) is 18.4. The number of anilines is 3. The van der Waals surface area contributed by atoms with E-state index in [2.05, 4.69) is 10.6 Å². The maximum atomic E-state index is 12.6. The third-order valence-electron chi connectivity index (χ3n) is 4.31. The molecule has 0 saturated carbocycles. The lowest BCUT2D eigenvalue weighted by atomic mass is 10.1. The van der Waals surface area contributed by atoms with Crippen LogP contribution in [0.15, 0.2) is 48.5 Å². The van der Waals surface area contributed by atoms with Crippen molar-refractivity contribution in [1.82, 2.24) is 0 Å². The van der Waals surface area contributed by atoms with Crippen molar-refractivity contribution in [1.29, 1.82) is 0 Å². The molecule has 3 rings (SSSR count). The predicted octanol–water partition coefficient (Wildman–Crippen LogP) is 2.65. The minimum atomic E-state index is -0.451. The van der Waals surface area contributed by atoms with Gasteiger partial charge in [-0.3, -0.25) is 14.4 Å². The molecule has 0 aromatic heterocycles. The number of hydrogen-bond donors (Lipinski definition) is 2. The van der Waals surface area contributed by atoms with Gasteiger partial charge in [0.1, 0.15) is 5.75 Å². The largest absolute Gasteiger partial charge is 0.497 e. The lowest BCUT2D eigenvalue weighted by Gasteiger charge is -2.17. The molecule has 2 aromatic carbocycles. The van der Waals surface area contributed by atoms with E-state index in [1.165, 1.54) is 6.92 Å².